The summed E-state index contributed by atoms with van der Waals surface area (Å²) >= 11 is 0. The van der Waals surface area contributed by atoms with Gasteiger partial charge >= 0.3 is 0 Å². The fraction of sp³-hybridized carbons (Fsp3) is 0.727. The number of amides is 1. The van der Waals surface area contributed by atoms with Gasteiger partial charge in [-0.25, -0.2) is 8.42 Å². The Bertz CT molecular complexity index is 411. The molecule has 17 heavy (non-hydrogen) atoms. The zero-order chi connectivity index (χ0) is 12.9. The van der Waals surface area contributed by atoms with E-state index in [4.69, 9.17) is 6.42 Å². The first-order valence-electron chi connectivity index (χ1n) is 5.58. The lowest BCUT2D eigenvalue weighted by Crippen LogP contribution is -2.42. The van der Waals surface area contributed by atoms with Gasteiger partial charge in [-0.3, -0.25) is 4.79 Å². The molecule has 1 aliphatic heterocycles. The Labute approximate surface area is 102 Å². The van der Waals surface area contributed by atoms with Crippen LogP contribution >= 0.6 is 0 Å². The maximum absolute atomic E-state index is 11.9. The number of nitrogens with zero attached hydrogens (tertiary/aromatic N) is 1. The van der Waals surface area contributed by atoms with E-state index < -0.39 is 9.84 Å². The molecule has 0 saturated carbocycles. The van der Waals surface area contributed by atoms with Crippen LogP contribution in [0.1, 0.15) is 12.8 Å². The van der Waals surface area contributed by atoms with Crippen LogP contribution in [0.25, 0.3) is 0 Å². The van der Waals surface area contributed by atoms with Crippen molar-refractivity contribution < 1.29 is 13.2 Å². The standard InChI is InChI=1S/C11H18N2O3S/c1-3-7-13(11(14)4-6-12-2)10-5-8-17(15,16)9-10/h1,10,12H,4-9H2,2H3. The van der Waals surface area contributed by atoms with Gasteiger partial charge in [0.2, 0.25) is 5.91 Å². The minimum absolute atomic E-state index is 0.0416. The van der Waals surface area contributed by atoms with Gasteiger partial charge in [0, 0.05) is 19.0 Å². The third kappa shape index (κ3) is 4.02. The lowest BCUT2D eigenvalue weighted by atomic mass is 10.2. The van der Waals surface area contributed by atoms with Gasteiger partial charge in [-0.15, -0.1) is 6.42 Å². The summed E-state index contributed by atoms with van der Waals surface area (Å²) in [5.74, 6) is 2.53. The highest BCUT2D eigenvalue weighted by molar-refractivity contribution is 7.91. The molecule has 0 aromatic carbocycles. The molecule has 1 unspecified atom stereocenters. The van der Waals surface area contributed by atoms with Gasteiger partial charge < -0.3 is 10.2 Å². The molecule has 1 N–H and O–H groups in total. The van der Waals surface area contributed by atoms with Crippen molar-refractivity contribution in [2.45, 2.75) is 18.9 Å². The van der Waals surface area contributed by atoms with E-state index >= 15 is 0 Å². The lowest BCUT2D eigenvalue weighted by molar-refractivity contribution is -0.132. The van der Waals surface area contributed by atoms with E-state index in [-0.39, 0.29) is 30.0 Å². The van der Waals surface area contributed by atoms with Crippen LogP contribution < -0.4 is 5.32 Å². The second-order valence-electron chi connectivity index (χ2n) is 4.14. The Hall–Kier alpha value is -1.06. The van der Waals surface area contributed by atoms with E-state index in [0.29, 0.717) is 19.4 Å². The van der Waals surface area contributed by atoms with E-state index in [1.165, 1.54) is 4.90 Å². The Balaban J connectivity index is 2.67. The second-order valence-corrected chi connectivity index (χ2v) is 6.36. The minimum Gasteiger partial charge on any atom is -0.327 e. The number of sulfone groups is 1. The van der Waals surface area contributed by atoms with E-state index in [1.54, 1.807) is 7.05 Å². The van der Waals surface area contributed by atoms with Crippen LogP contribution in [0.5, 0.6) is 0 Å². The van der Waals surface area contributed by atoms with Crippen LogP contribution in [0.2, 0.25) is 0 Å². The van der Waals surface area contributed by atoms with Crippen LogP contribution in [0.15, 0.2) is 0 Å². The predicted octanol–water partition coefficient (Wildman–Crippen LogP) is -0.755. The number of hydrogen-bond acceptors (Lipinski definition) is 4. The summed E-state index contributed by atoms with van der Waals surface area (Å²) in [6.45, 7) is 0.752. The van der Waals surface area contributed by atoms with Crippen LogP contribution in [-0.4, -0.2) is 56.9 Å². The number of nitrogens with one attached hydrogen (secondary N) is 1. The van der Waals surface area contributed by atoms with Crippen molar-refractivity contribution in [1.82, 2.24) is 10.2 Å². The highest BCUT2D eigenvalue weighted by Crippen LogP contribution is 2.18. The van der Waals surface area contributed by atoms with Crippen molar-refractivity contribution >= 4 is 15.7 Å². The molecule has 5 nitrogen and oxygen atoms in total. The molecule has 0 aliphatic carbocycles. The molecule has 1 saturated heterocycles. The molecule has 0 aromatic heterocycles. The largest absolute Gasteiger partial charge is 0.327 e. The molecule has 0 bridgehead atoms. The average molecular weight is 258 g/mol. The fourth-order valence-corrected chi connectivity index (χ4v) is 3.65. The third-order valence-electron chi connectivity index (χ3n) is 2.82. The first-order valence-corrected chi connectivity index (χ1v) is 7.40. The molecule has 1 aliphatic rings. The average Bonchev–Trinajstić information content (AvgIpc) is 2.63. The Kier molecular flexibility index (Phi) is 4.97. The van der Waals surface area contributed by atoms with E-state index in [2.05, 4.69) is 11.2 Å². The maximum Gasteiger partial charge on any atom is 0.224 e. The van der Waals surface area contributed by atoms with Crippen molar-refractivity contribution in [3.05, 3.63) is 0 Å². The van der Waals surface area contributed by atoms with Gasteiger partial charge in [0.1, 0.15) is 0 Å². The number of carbonyl (C=O) groups excluding carboxylic acids is 1. The molecule has 1 rings (SSSR count). The SMILES string of the molecule is C#CCN(C(=O)CCNC)C1CCS(=O)(=O)C1. The van der Waals surface area contributed by atoms with Crippen LogP contribution in [0, 0.1) is 12.3 Å². The quantitative estimate of drug-likeness (QED) is 0.659. The molecule has 1 atom stereocenters. The van der Waals surface area contributed by atoms with E-state index in [1.807, 2.05) is 0 Å². The first-order chi connectivity index (χ1) is 8.00. The van der Waals surface area contributed by atoms with E-state index in [0.717, 1.165) is 0 Å². The highest BCUT2D eigenvalue weighted by Gasteiger charge is 2.33. The van der Waals surface area contributed by atoms with Crippen molar-refractivity contribution in [2.75, 3.05) is 31.6 Å². The van der Waals surface area contributed by atoms with Gasteiger partial charge in [-0.05, 0) is 13.5 Å². The van der Waals surface area contributed by atoms with Gasteiger partial charge in [0.25, 0.3) is 0 Å². The molecule has 96 valence electrons. The first kappa shape index (κ1) is 14.0. The summed E-state index contributed by atoms with van der Waals surface area (Å²) in [7, 11) is -1.23. The van der Waals surface area contributed by atoms with Crippen LogP contribution in [0.3, 0.4) is 0 Å². The highest BCUT2D eigenvalue weighted by atomic mass is 32.2. The zero-order valence-electron chi connectivity index (χ0n) is 9.98. The summed E-state index contributed by atoms with van der Waals surface area (Å²) < 4.78 is 22.8. The number of rotatable bonds is 5. The lowest BCUT2D eigenvalue weighted by Gasteiger charge is -2.26. The normalized spacial score (nSPS) is 22.0. The maximum atomic E-state index is 11.9. The Morgan fingerprint density at radius 2 is 2.29 bits per heavy atom. The zero-order valence-corrected chi connectivity index (χ0v) is 10.8. The summed E-state index contributed by atoms with van der Waals surface area (Å²) in [5, 5.41) is 2.89. The van der Waals surface area contributed by atoms with Crippen molar-refractivity contribution in [3.8, 4) is 12.3 Å². The molecular formula is C11H18N2O3S. The molecular weight excluding hydrogens is 240 g/mol. The number of hydrogen-bond donors (Lipinski definition) is 1. The molecule has 0 aromatic rings. The number of carbonyl (C=O) groups is 1. The second kappa shape index (κ2) is 6.03. The van der Waals surface area contributed by atoms with E-state index in [9.17, 15) is 13.2 Å². The Morgan fingerprint density at radius 3 is 2.76 bits per heavy atom. The summed E-state index contributed by atoms with van der Waals surface area (Å²) in [6, 6.07) is -0.250. The summed E-state index contributed by atoms with van der Waals surface area (Å²) in [4.78, 5) is 13.4. The van der Waals surface area contributed by atoms with Gasteiger partial charge in [0.05, 0.1) is 18.1 Å². The predicted molar refractivity (Wildman–Crippen MR) is 66.1 cm³/mol. The van der Waals surface area contributed by atoms with Gasteiger partial charge in [0.15, 0.2) is 9.84 Å². The topological polar surface area (TPSA) is 66.5 Å². The molecule has 0 radical (unpaired) electrons. The molecule has 1 heterocycles. The van der Waals surface area contributed by atoms with Crippen molar-refractivity contribution in [3.63, 3.8) is 0 Å². The van der Waals surface area contributed by atoms with Crippen LogP contribution in [0.4, 0.5) is 0 Å². The fourth-order valence-electron chi connectivity index (χ4n) is 1.92. The van der Waals surface area contributed by atoms with Crippen molar-refractivity contribution in [2.24, 2.45) is 0 Å². The third-order valence-corrected chi connectivity index (χ3v) is 4.57. The molecule has 6 heteroatoms. The molecule has 0 spiro atoms. The van der Waals surface area contributed by atoms with Gasteiger partial charge in [-0.2, -0.15) is 0 Å². The Morgan fingerprint density at radius 1 is 1.59 bits per heavy atom. The molecule has 1 fully saturated rings. The van der Waals surface area contributed by atoms with Crippen molar-refractivity contribution in [1.29, 1.82) is 0 Å². The molecule has 1 amide bonds. The van der Waals surface area contributed by atoms with Crippen LogP contribution in [-0.2, 0) is 14.6 Å². The van der Waals surface area contributed by atoms with Gasteiger partial charge in [-0.1, -0.05) is 5.92 Å². The minimum atomic E-state index is -2.99. The summed E-state index contributed by atoms with van der Waals surface area (Å²) in [5.41, 5.74) is 0. The smallest absolute Gasteiger partial charge is 0.224 e. The number of terminal acetylenes is 1. The summed E-state index contributed by atoms with van der Waals surface area (Å²) in [6.07, 6.45) is 6.06. The monoisotopic (exact) mass is 258 g/mol.